The first-order valence-electron chi connectivity index (χ1n) is 5.96. The molecule has 1 fully saturated rings. The van der Waals surface area contributed by atoms with Crippen LogP contribution in [0.5, 0.6) is 0 Å². The number of carbonyl (C=O) groups excluding carboxylic acids is 1. The first-order valence-corrected chi connectivity index (χ1v) is 6.33. The van der Waals surface area contributed by atoms with Gasteiger partial charge in [-0.15, -0.1) is 0 Å². The molecule has 0 radical (unpaired) electrons. The highest BCUT2D eigenvalue weighted by molar-refractivity contribution is 6.33. The van der Waals surface area contributed by atoms with E-state index in [9.17, 15) is 9.90 Å². The van der Waals surface area contributed by atoms with Crippen LogP contribution in [-0.2, 0) is 0 Å². The number of hydrogen-bond donors (Lipinski definition) is 2. The molecule has 0 saturated carbocycles. The molecule has 0 aliphatic carbocycles. The van der Waals surface area contributed by atoms with Gasteiger partial charge in [0.2, 0.25) is 0 Å². The van der Waals surface area contributed by atoms with Gasteiger partial charge in [0.05, 0.1) is 16.3 Å². The smallest absolute Gasteiger partial charge is 0.253 e. The molecule has 0 spiro atoms. The lowest BCUT2D eigenvalue weighted by Crippen LogP contribution is -2.45. The fourth-order valence-electron chi connectivity index (χ4n) is 2.03. The molecule has 0 aromatic heterocycles. The first kappa shape index (κ1) is 13.2. The van der Waals surface area contributed by atoms with Crippen molar-refractivity contribution >= 4 is 23.2 Å². The van der Waals surface area contributed by atoms with E-state index in [1.165, 1.54) is 0 Å². The number of nitrogens with two attached hydrogens (primary N) is 1. The van der Waals surface area contributed by atoms with Gasteiger partial charge in [-0.3, -0.25) is 4.79 Å². The number of carbonyl (C=O) groups is 1. The predicted molar refractivity (Wildman–Crippen MR) is 71.6 cm³/mol. The summed E-state index contributed by atoms with van der Waals surface area (Å²) < 4.78 is 0. The van der Waals surface area contributed by atoms with E-state index in [0.717, 1.165) is 0 Å². The van der Waals surface area contributed by atoms with Crippen LogP contribution in [0, 0.1) is 0 Å². The quantitative estimate of drug-likeness (QED) is 0.765. The molecule has 1 aromatic carbocycles. The van der Waals surface area contributed by atoms with Gasteiger partial charge in [0, 0.05) is 18.7 Å². The molecule has 0 unspecified atom stereocenters. The van der Waals surface area contributed by atoms with Crippen molar-refractivity contribution in [2.45, 2.75) is 25.4 Å². The standard InChI is InChI=1S/C13H17ClN2O2/c1-13(18)4-6-16(7-5-13)12(17)9-2-3-11(15)10(14)8-9/h2-3,8,18H,4-7,15H2,1H3. The summed E-state index contributed by atoms with van der Waals surface area (Å²) in [5.41, 5.74) is 5.96. The zero-order chi connectivity index (χ0) is 13.3. The number of benzene rings is 1. The third kappa shape index (κ3) is 2.76. The van der Waals surface area contributed by atoms with Crippen molar-refractivity contribution in [2.24, 2.45) is 0 Å². The molecule has 3 N–H and O–H groups in total. The van der Waals surface area contributed by atoms with Crippen molar-refractivity contribution in [3.8, 4) is 0 Å². The lowest BCUT2D eigenvalue weighted by molar-refractivity contribution is -0.00202. The number of nitrogens with zero attached hydrogens (tertiary/aromatic N) is 1. The number of amides is 1. The van der Waals surface area contributed by atoms with Crippen molar-refractivity contribution in [1.29, 1.82) is 0 Å². The van der Waals surface area contributed by atoms with Crippen LogP contribution in [0.3, 0.4) is 0 Å². The lowest BCUT2D eigenvalue weighted by atomic mass is 9.93. The van der Waals surface area contributed by atoms with E-state index in [0.29, 0.717) is 42.2 Å². The predicted octanol–water partition coefficient (Wildman–Crippen LogP) is 1.91. The number of aliphatic hydroxyl groups is 1. The summed E-state index contributed by atoms with van der Waals surface area (Å²) in [5.74, 6) is -0.0626. The van der Waals surface area contributed by atoms with Gasteiger partial charge in [0.1, 0.15) is 0 Å². The number of anilines is 1. The van der Waals surface area contributed by atoms with E-state index >= 15 is 0 Å². The van der Waals surface area contributed by atoms with E-state index in [-0.39, 0.29) is 5.91 Å². The molecule has 1 aromatic rings. The maximum atomic E-state index is 12.2. The third-order valence-electron chi connectivity index (χ3n) is 3.38. The van der Waals surface area contributed by atoms with Crippen LogP contribution in [0.1, 0.15) is 30.1 Å². The van der Waals surface area contributed by atoms with Gasteiger partial charge in [0.25, 0.3) is 5.91 Å². The van der Waals surface area contributed by atoms with Gasteiger partial charge in [-0.25, -0.2) is 0 Å². The molecule has 4 nitrogen and oxygen atoms in total. The average molecular weight is 269 g/mol. The fourth-order valence-corrected chi connectivity index (χ4v) is 2.21. The summed E-state index contributed by atoms with van der Waals surface area (Å²) >= 11 is 5.91. The Labute approximate surface area is 111 Å². The van der Waals surface area contributed by atoms with Crippen LogP contribution in [-0.4, -0.2) is 34.6 Å². The highest BCUT2D eigenvalue weighted by Crippen LogP contribution is 2.24. The minimum Gasteiger partial charge on any atom is -0.398 e. The summed E-state index contributed by atoms with van der Waals surface area (Å²) in [6.07, 6.45) is 1.20. The molecule has 1 saturated heterocycles. The van der Waals surface area contributed by atoms with E-state index < -0.39 is 5.60 Å². The van der Waals surface area contributed by atoms with Crippen molar-refractivity contribution in [3.63, 3.8) is 0 Å². The van der Waals surface area contributed by atoms with Gasteiger partial charge in [-0.1, -0.05) is 11.6 Å². The van der Waals surface area contributed by atoms with Crippen molar-refractivity contribution in [2.75, 3.05) is 18.8 Å². The van der Waals surface area contributed by atoms with Crippen LogP contribution in [0.4, 0.5) is 5.69 Å². The van der Waals surface area contributed by atoms with Gasteiger partial charge in [-0.2, -0.15) is 0 Å². The van der Waals surface area contributed by atoms with E-state index in [2.05, 4.69) is 0 Å². The Kier molecular flexibility index (Phi) is 3.50. The molecule has 1 aliphatic heterocycles. The van der Waals surface area contributed by atoms with Gasteiger partial charge < -0.3 is 15.7 Å². The summed E-state index contributed by atoms with van der Waals surface area (Å²) in [6.45, 7) is 2.93. The second-order valence-electron chi connectivity index (χ2n) is 5.03. The minimum absolute atomic E-state index is 0.0626. The molecule has 0 bridgehead atoms. The summed E-state index contributed by atoms with van der Waals surface area (Å²) in [7, 11) is 0. The van der Waals surface area contributed by atoms with Crippen LogP contribution in [0.25, 0.3) is 0 Å². The number of halogens is 1. The van der Waals surface area contributed by atoms with Crippen molar-refractivity contribution in [1.82, 2.24) is 4.90 Å². The number of hydrogen-bond acceptors (Lipinski definition) is 3. The molecule has 1 amide bonds. The Bertz CT molecular complexity index is 464. The van der Waals surface area contributed by atoms with Crippen LogP contribution < -0.4 is 5.73 Å². The Balaban J connectivity index is 2.10. The van der Waals surface area contributed by atoms with Crippen LogP contribution in [0.2, 0.25) is 5.02 Å². The summed E-state index contributed by atoms with van der Waals surface area (Å²) in [6, 6.07) is 4.90. The molecular weight excluding hydrogens is 252 g/mol. The number of rotatable bonds is 1. The number of nitrogen functional groups attached to an aromatic ring is 1. The monoisotopic (exact) mass is 268 g/mol. The zero-order valence-electron chi connectivity index (χ0n) is 10.3. The van der Waals surface area contributed by atoms with E-state index in [1.807, 2.05) is 0 Å². The zero-order valence-corrected chi connectivity index (χ0v) is 11.1. The molecule has 1 aliphatic rings. The first-order chi connectivity index (χ1) is 8.39. The Morgan fingerprint density at radius 2 is 2.06 bits per heavy atom. The van der Waals surface area contributed by atoms with Gasteiger partial charge in [-0.05, 0) is 38.0 Å². The average Bonchev–Trinajstić information content (AvgIpc) is 2.32. The molecule has 0 atom stereocenters. The Morgan fingerprint density at radius 1 is 1.44 bits per heavy atom. The van der Waals surface area contributed by atoms with Crippen LogP contribution in [0.15, 0.2) is 18.2 Å². The number of likely N-dealkylation sites (tertiary alicyclic amines) is 1. The van der Waals surface area contributed by atoms with Crippen LogP contribution >= 0.6 is 11.6 Å². The maximum absolute atomic E-state index is 12.2. The Morgan fingerprint density at radius 3 is 2.61 bits per heavy atom. The normalized spacial score (nSPS) is 18.7. The van der Waals surface area contributed by atoms with E-state index in [4.69, 9.17) is 17.3 Å². The lowest BCUT2D eigenvalue weighted by Gasteiger charge is -2.35. The highest BCUT2D eigenvalue weighted by atomic mass is 35.5. The highest BCUT2D eigenvalue weighted by Gasteiger charge is 2.29. The Hall–Kier alpha value is -1.26. The van der Waals surface area contributed by atoms with Crippen molar-refractivity contribution < 1.29 is 9.90 Å². The van der Waals surface area contributed by atoms with Crippen molar-refractivity contribution in [3.05, 3.63) is 28.8 Å². The molecule has 5 heteroatoms. The largest absolute Gasteiger partial charge is 0.398 e. The molecule has 1 heterocycles. The molecule has 98 valence electrons. The second kappa shape index (κ2) is 4.78. The van der Waals surface area contributed by atoms with E-state index in [1.54, 1.807) is 30.0 Å². The maximum Gasteiger partial charge on any atom is 0.253 e. The summed E-state index contributed by atoms with van der Waals surface area (Å²) in [4.78, 5) is 14.0. The second-order valence-corrected chi connectivity index (χ2v) is 5.43. The fraction of sp³-hybridized carbons (Fsp3) is 0.462. The summed E-state index contributed by atoms with van der Waals surface area (Å²) in [5, 5.41) is 10.2. The SMILES string of the molecule is CC1(O)CCN(C(=O)c2ccc(N)c(Cl)c2)CC1. The van der Waals surface area contributed by atoms with Gasteiger partial charge in [0.15, 0.2) is 0 Å². The third-order valence-corrected chi connectivity index (χ3v) is 3.70. The molecular formula is C13H17ClN2O2. The van der Waals surface area contributed by atoms with Gasteiger partial charge >= 0.3 is 0 Å². The topological polar surface area (TPSA) is 66.6 Å². The molecule has 18 heavy (non-hydrogen) atoms. The minimum atomic E-state index is -0.657. The molecule has 2 rings (SSSR count). The number of piperidine rings is 1.